The summed E-state index contributed by atoms with van der Waals surface area (Å²) in [5.74, 6) is -0.0799. The summed E-state index contributed by atoms with van der Waals surface area (Å²) in [5, 5.41) is 2.60. The number of fused-ring (bicyclic) bond motifs is 1. The molecule has 0 unspecified atom stereocenters. The SMILES string of the molecule is COCC(=O)N1CCCc2ccc(NC(=O)OC)cc21. The van der Waals surface area contributed by atoms with Crippen LogP contribution >= 0.6 is 0 Å². The fourth-order valence-electron chi connectivity index (χ4n) is 2.28. The van der Waals surface area contributed by atoms with Crippen LogP contribution in [0.4, 0.5) is 16.2 Å². The van der Waals surface area contributed by atoms with E-state index in [-0.39, 0.29) is 12.5 Å². The molecule has 6 heteroatoms. The van der Waals surface area contributed by atoms with Crippen LogP contribution in [-0.2, 0) is 20.7 Å². The van der Waals surface area contributed by atoms with E-state index in [1.54, 1.807) is 17.0 Å². The van der Waals surface area contributed by atoms with Gasteiger partial charge >= 0.3 is 6.09 Å². The van der Waals surface area contributed by atoms with Crippen LogP contribution in [0.1, 0.15) is 12.0 Å². The number of carbonyl (C=O) groups excluding carboxylic acids is 2. The Kier molecular flexibility index (Phi) is 4.57. The molecule has 1 aliphatic rings. The second kappa shape index (κ2) is 6.38. The van der Waals surface area contributed by atoms with Crippen LogP contribution in [0.5, 0.6) is 0 Å². The lowest BCUT2D eigenvalue weighted by Crippen LogP contribution is -2.37. The molecule has 0 aromatic heterocycles. The molecule has 2 rings (SSSR count). The number of anilines is 2. The van der Waals surface area contributed by atoms with Crippen molar-refractivity contribution in [1.82, 2.24) is 0 Å². The van der Waals surface area contributed by atoms with Gasteiger partial charge < -0.3 is 14.4 Å². The van der Waals surface area contributed by atoms with E-state index < -0.39 is 6.09 Å². The molecule has 0 aliphatic carbocycles. The summed E-state index contributed by atoms with van der Waals surface area (Å²) in [5.41, 5.74) is 2.52. The van der Waals surface area contributed by atoms with Crippen molar-refractivity contribution in [3.8, 4) is 0 Å². The summed E-state index contributed by atoms with van der Waals surface area (Å²) < 4.78 is 9.46. The first-order chi connectivity index (χ1) is 9.65. The number of rotatable bonds is 3. The Morgan fingerprint density at radius 3 is 2.85 bits per heavy atom. The Labute approximate surface area is 117 Å². The van der Waals surface area contributed by atoms with E-state index in [9.17, 15) is 9.59 Å². The van der Waals surface area contributed by atoms with Crippen LogP contribution in [0.25, 0.3) is 0 Å². The minimum atomic E-state index is -0.532. The molecule has 1 aromatic carbocycles. The number of benzene rings is 1. The maximum atomic E-state index is 12.0. The number of hydrogen-bond acceptors (Lipinski definition) is 4. The van der Waals surface area contributed by atoms with E-state index in [2.05, 4.69) is 10.1 Å². The molecule has 0 radical (unpaired) electrons. The smallest absolute Gasteiger partial charge is 0.411 e. The van der Waals surface area contributed by atoms with Crippen molar-refractivity contribution in [1.29, 1.82) is 0 Å². The van der Waals surface area contributed by atoms with Gasteiger partial charge in [-0.3, -0.25) is 10.1 Å². The normalized spacial score (nSPS) is 13.6. The molecule has 2 amide bonds. The molecule has 0 saturated heterocycles. The average Bonchev–Trinajstić information content (AvgIpc) is 2.46. The van der Waals surface area contributed by atoms with Crippen molar-refractivity contribution in [2.45, 2.75) is 12.8 Å². The number of methoxy groups -OCH3 is 2. The lowest BCUT2D eigenvalue weighted by atomic mass is 10.0. The van der Waals surface area contributed by atoms with E-state index in [4.69, 9.17) is 4.74 Å². The Balaban J connectivity index is 2.26. The monoisotopic (exact) mass is 278 g/mol. The first kappa shape index (κ1) is 14.3. The minimum Gasteiger partial charge on any atom is -0.453 e. The van der Waals surface area contributed by atoms with E-state index in [0.29, 0.717) is 12.2 Å². The number of amides is 2. The van der Waals surface area contributed by atoms with Crippen LogP contribution in [0, 0.1) is 0 Å². The number of hydrogen-bond donors (Lipinski definition) is 1. The van der Waals surface area contributed by atoms with Crippen molar-refractivity contribution >= 4 is 23.4 Å². The summed E-state index contributed by atoms with van der Waals surface area (Å²) in [4.78, 5) is 25.0. The van der Waals surface area contributed by atoms with Crippen LogP contribution in [-0.4, -0.2) is 39.4 Å². The van der Waals surface area contributed by atoms with Crippen molar-refractivity contribution < 1.29 is 19.1 Å². The van der Waals surface area contributed by atoms with Gasteiger partial charge in [0.15, 0.2) is 0 Å². The highest BCUT2D eigenvalue weighted by Gasteiger charge is 2.22. The first-order valence-corrected chi connectivity index (χ1v) is 6.43. The number of aryl methyl sites for hydroxylation is 1. The van der Waals surface area contributed by atoms with Gasteiger partial charge in [-0.1, -0.05) is 6.07 Å². The van der Waals surface area contributed by atoms with E-state index >= 15 is 0 Å². The summed E-state index contributed by atoms with van der Waals surface area (Å²) in [7, 11) is 2.81. The molecule has 20 heavy (non-hydrogen) atoms. The highest BCUT2D eigenvalue weighted by atomic mass is 16.5. The van der Waals surface area contributed by atoms with E-state index in [0.717, 1.165) is 24.1 Å². The number of ether oxygens (including phenoxy) is 2. The molecular formula is C14H18N2O4. The van der Waals surface area contributed by atoms with Crippen molar-refractivity contribution in [2.24, 2.45) is 0 Å². The Morgan fingerprint density at radius 1 is 1.35 bits per heavy atom. The van der Waals surface area contributed by atoms with Gasteiger partial charge in [-0.2, -0.15) is 0 Å². The second-order valence-corrected chi connectivity index (χ2v) is 4.54. The van der Waals surface area contributed by atoms with Crippen LogP contribution < -0.4 is 10.2 Å². The van der Waals surface area contributed by atoms with Crippen LogP contribution in [0.2, 0.25) is 0 Å². The topological polar surface area (TPSA) is 67.9 Å². The largest absolute Gasteiger partial charge is 0.453 e. The van der Waals surface area contributed by atoms with Gasteiger partial charge in [-0.25, -0.2) is 4.79 Å². The third kappa shape index (κ3) is 3.08. The standard InChI is InChI=1S/C14H18N2O4/c1-19-9-13(17)16-7-3-4-10-5-6-11(8-12(10)16)15-14(18)20-2/h5-6,8H,3-4,7,9H2,1-2H3,(H,15,18). The van der Waals surface area contributed by atoms with E-state index in [1.165, 1.54) is 14.2 Å². The lowest BCUT2D eigenvalue weighted by molar-refractivity contribution is -0.122. The number of nitrogens with zero attached hydrogens (tertiary/aromatic N) is 1. The second-order valence-electron chi connectivity index (χ2n) is 4.54. The van der Waals surface area contributed by atoms with Crippen molar-refractivity contribution in [2.75, 3.05) is 37.6 Å². The molecule has 1 aromatic rings. The minimum absolute atomic E-state index is 0.0497. The molecule has 0 fully saturated rings. The molecule has 108 valence electrons. The van der Waals surface area contributed by atoms with E-state index in [1.807, 2.05) is 6.07 Å². The first-order valence-electron chi connectivity index (χ1n) is 6.43. The highest BCUT2D eigenvalue weighted by Crippen LogP contribution is 2.30. The molecule has 0 spiro atoms. The predicted octanol–water partition coefficient (Wildman–Crippen LogP) is 1.79. The third-order valence-corrected chi connectivity index (χ3v) is 3.20. The summed E-state index contributed by atoms with van der Waals surface area (Å²) in [6.45, 7) is 0.713. The zero-order valence-electron chi connectivity index (χ0n) is 11.6. The molecular weight excluding hydrogens is 260 g/mol. The van der Waals surface area contributed by atoms with Crippen LogP contribution in [0.3, 0.4) is 0 Å². The molecule has 0 bridgehead atoms. The Morgan fingerprint density at radius 2 is 2.15 bits per heavy atom. The maximum Gasteiger partial charge on any atom is 0.411 e. The molecule has 0 saturated carbocycles. The molecule has 0 atom stereocenters. The van der Waals surface area contributed by atoms with Gasteiger partial charge in [0.05, 0.1) is 7.11 Å². The van der Waals surface area contributed by atoms with Gasteiger partial charge in [-0.15, -0.1) is 0 Å². The van der Waals surface area contributed by atoms with Gasteiger partial charge in [0, 0.05) is 25.0 Å². The number of nitrogens with one attached hydrogen (secondary N) is 1. The zero-order valence-corrected chi connectivity index (χ0v) is 11.6. The molecule has 1 N–H and O–H groups in total. The fourth-order valence-corrected chi connectivity index (χ4v) is 2.28. The summed E-state index contributed by atoms with van der Waals surface area (Å²) in [6, 6.07) is 5.52. The summed E-state index contributed by atoms with van der Waals surface area (Å²) >= 11 is 0. The predicted molar refractivity (Wildman–Crippen MR) is 75.0 cm³/mol. The molecule has 1 heterocycles. The Bertz CT molecular complexity index is 516. The van der Waals surface area contributed by atoms with Crippen molar-refractivity contribution in [3.63, 3.8) is 0 Å². The van der Waals surface area contributed by atoms with Gasteiger partial charge in [0.2, 0.25) is 0 Å². The van der Waals surface area contributed by atoms with Gasteiger partial charge in [-0.05, 0) is 30.5 Å². The quantitative estimate of drug-likeness (QED) is 0.915. The third-order valence-electron chi connectivity index (χ3n) is 3.20. The van der Waals surface area contributed by atoms with Gasteiger partial charge in [0.25, 0.3) is 5.91 Å². The fraction of sp³-hybridized carbons (Fsp3) is 0.429. The highest BCUT2D eigenvalue weighted by molar-refractivity contribution is 5.96. The average molecular weight is 278 g/mol. The summed E-state index contributed by atoms with van der Waals surface area (Å²) in [6.07, 6.45) is 1.31. The Hall–Kier alpha value is -2.08. The lowest BCUT2D eigenvalue weighted by Gasteiger charge is -2.29. The number of carbonyl (C=O) groups is 2. The molecule has 6 nitrogen and oxygen atoms in total. The maximum absolute atomic E-state index is 12.0. The van der Waals surface area contributed by atoms with Gasteiger partial charge in [0.1, 0.15) is 6.61 Å². The van der Waals surface area contributed by atoms with Crippen molar-refractivity contribution in [3.05, 3.63) is 23.8 Å². The zero-order chi connectivity index (χ0) is 14.5. The van der Waals surface area contributed by atoms with Crippen LogP contribution in [0.15, 0.2) is 18.2 Å². The molecule has 1 aliphatic heterocycles.